The van der Waals surface area contributed by atoms with Crippen molar-refractivity contribution in [1.82, 2.24) is 10.2 Å². The van der Waals surface area contributed by atoms with Gasteiger partial charge >= 0.3 is 0 Å². The standard InChI is InChI=1S/C14H22N2O2/c1-6-10(3)12-13(18)16(14(4,5)7-2)9-8-11(17)15-12/h2,10,12H,6,8-9H2,1,3-5H3,(H,15,17). The third kappa shape index (κ3) is 2.84. The molecule has 0 bridgehead atoms. The Balaban J connectivity index is 3.05. The molecule has 4 nitrogen and oxygen atoms in total. The number of hydrogen-bond acceptors (Lipinski definition) is 2. The van der Waals surface area contributed by atoms with Crippen molar-refractivity contribution in [3.63, 3.8) is 0 Å². The maximum Gasteiger partial charge on any atom is 0.246 e. The summed E-state index contributed by atoms with van der Waals surface area (Å²) in [6.07, 6.45) is 6.63. The highest BCUT2D eigenvalue weighted by molar-refractivity contribution is 5.90. The molecule has 2 amide bonds. The Bertz CT molecular complexity index is 382. The Morgan fingerprint density at radius 2 is 2.17 bits per heavy atom. The first kappa shape index (κ1) is 14.6. The summed E-state index contributed by atoms with van der Waals surface area (Å²) < 4.78 is 0. The number of rotatable bonds is 3. The predicted molar refractivity (Wildman–Crippen MR) is 70.6 cm³/mol. The van der Waals surface area contributed by atoms with Crippen molar-refractivity contribution in [3.8, 4) is 12.3 Å². The van der Waals surface area contributed by atoms with Crippen LogP contribution in [0.15, 0.2) is 0 Å². The Hall–Kier alpha value is -1.50. The highest BCUT2D eigenvalue weighted by atomic mass is 16.2. The van der Waals surface area contributed by atoms with Gasteiger partial charge in [0, 0.05) is 13.0 Å². The minimum absolute atomic E-state index is 0.0712. The number of hydrogen-bond donors (Lipinski definition) is 1. The van der Waals surface area contributed by atoms with E-state index in [1.807, 2.05) is 27.7 Å². The van der Waals surface area contributed by atoms with Gasteiger partial charge < -0.3 is 10.2 Å². The van der Waals surface area contributed by atoms with E-state index in [4.69, 9.17) is 6.42 Å². The van der Waals surface area contributed by atoms with Crippen molar-refractivity contribution in [2.45, 2.75) is 52.1 Å². The van der Waals surface area contributed by atoms with E-state index in [2.05, 4.69) is 11.2 Å². The topological polar surface area (TPSA) is 49.4 Å². The number of carbonyl (C=O) groups is 2. The molecule has 0 radical (unpaired) electrons. The molecule has 1 saturated heterocycles. The van der Waals surface area contributed by atoms with Gasteiger partial charge in [-0.25, -0.2) is 0 Å². The second kappa shape index (κ2) is 5.43. The summed E-state index contributed by atoms with van der Waals surface area (Å²) in [4.78, 5) is 25.8. The molecule has 1 N–H and O–H groups in total. The van der Waals surface area contributed by atoms with E-state index in [9.17, 15) is 9.59 Å². The van der Waals surface area contributed by atoms with Crippen molar-refractivity contribution < 1.29 is 9.59 Å². The molecule has 0 spiro atoms. The van der Waals surface area contributed by atoms with E-state index in [0.717, 1.165) is 6.42 Å². The monoisotopic (exact) mass is 250 g/mol. The maximum atomic E-state index is 12.5. The van der Waals surface area contributed by atoms with E-state index >= 15 is 0 Å². The van der Waals surface area contributed by atoms with Crippen LogP contribution in [0, 0.1) is 18.3 Å². The van der Waals surface area contributed by atoms with E-state index in [1.54, 1.807) is 4.90 Å². The van der Waals surface area contributed by atoms with Crippen LogP contribution in [-0.2, 0) is 9.59 Å². The van der Waals surface area contributed by atoms with E-state index in [1.165, 1.54) is 0 Å². The van der Waals surface area contributed by atoms with Gasteiger partial charge in [-0.15, -0.1) is 6.42 Å². The largest absolute Gasteiger partial charge is 0.344 e. The third-order valence-electron chi connectivity index (χ3n) is 3.65. The van der Waals surface area contributed by atoms with Crippen molar-refractivity contribution in [2.75, 3.05) is 6.54 Å². The molecule has 18 heavy (non-hydrogen) atoms. The lowest BCUT2D eigenvalue weighted by Crippen LogP contribution is -2.54. The molecule has 4 heteroatoms. The number of nitrogens with zero attached hydrogens (tertiary/aromatic N) is 1. The van der Waals surface area contributed by atoms with Gasteiger partial charge in [-0.3, -0.25) is 9.59 Å². The Labute approximate surface area is 109 Å². The number of carbonyl (C=O) groups excluding carboxylic acids is 2. The fraction of sp³-hybridized carbons (Fsp3) is 0.714. The zero-order valence-electron chi connectivity index (χ0n) is 11.6. The van der Waals surface area contributed by atoms with Crippen LogP contribution in [0.25, 0.3) is 0 Å². The average Bonchev–Trinajstić information content (AvgIpc) is 2.48. The second-order valence-electron chi connectivity index (χ2n) is 5.37. The molecule has 0 aromatic carbocycles. The molecule has 1 aliphatic heterocycles. The van der Waals surface area contributed by atoms with Gasteiger partial charge in [0.15, 0.2) is 0 Å². The van der Waals surface area contributed by atoms with Crippen LogP contribution >= 0.6 is 0 Å². The summed E-state index contributed by atoms with van der Waals surface area (Å²) in [5, 5.41) is 2.81. The zero-order valence-corrected chi connectivity index (χ0v) is 11.6. The summed E-state index contributed by atoms with van der Waals surface area (Å²) in [6.45, 7) is 8.01. The number of amides is 2. The van der Waals surface area contributed by atoms with E-state index < -0.39 is 11.6 Å². The summed E-state index contributed by atoms with van der Waals surface area (Å²) in [6, 6.07) is -0.461. The molecule has 0 aromatic heterocycles. The molecular weight excluding hydrogens is 228 g/mol. The fourth-order valence-corrected chi connectivity index (χ4v) is 2.05. The maximum absolute atomic E-state index is 12.5. The molecule has 1 aliphatic rings. The molecule has 1 heterocycles. The van der Waals surface area contributed by atoms with Gasteiger partial charge in [-0.05, 0) is 19.8 Å². The van der Waals surface area contributed by atoms with Crippen LogP contribution in [0.4, 0.5) is 0 Å². The van der Waals surface area contributed by atoms with Gasteiger partial charge in [-0.1, -0.05) is 26.2 Å². The quantitative estimate of drug-likeness (QED) is 0.764. The molecule has 100 valence electrons. The SMILES string of the molecule is C#CC(C)(C)N1CCC(=O)NC(C(C)CC)C1=O. The van der Waals surface area contributed by atoms with Gasteiger partial charge in [0.05, 0.1) is 5.54 Å². The first-order chi connectivity index (χ1) is 8.33. The first-order valence-electron chi connectivity index (χ1n) is 6.42. The minimum Gasteiger partial charge on any atom is -0.344 e. The van der Waals surface area contributed by atoms with Crippen molar-refractivity contribution in [2.24, 2.45) is 5.92 Å². The van der Waals surface area contributed by atoms with Crippen molar-refractivity contribution >= 4 is 11.8 Å². The van der Waals surface area contributed by atoms with Crippen LogP contribution in [0.2, 0.25) is 0 Å². The minimum atomic E-state index is -0.658. The lowest BCUT2D eigenvalue weighted by Gasteiger charge is -2.36. The van der Waals surface area contributed by atoms with Gasteiger partial charge in [0.25, 0.3) is 0 Å². The van der Waals surface area contributed by atoms with Crippen molar-refractivity contribution in [3.05, 3.63) is 0 Å². The van der Waals surface area contributed by atoms with Crippen LogP contribution in [0.5, 0.6) is 0 Å². The normalized spacial score (nSPS) is 23.1. The van der Waals surface area contributed by atoms with Gasteiger partial charge in [-0.2, -0.15) is 0 Å². The van der Waals surface area contributed by atoms with Crippen LogP contribution < -0.4 is 5.32 Å². The molecule has 2 unspecified atom stereocenters. The van der Waals surface area contributed by atoms with Crippen molar-refractivity contribution in [1.29, 1.82) is 0 Å². The lowest BCUT2D eigenvalue weighted by molar-refractivity contribution is -0.138. The molecule has 1 fully saturated rings. The molecular formula is C14H22N2O2. The van der Waals surface area contributed by atoms with Gasteiger partial charge in [0.1, 0.15) is 6.04 Å². The molecule has 0 aliphatic carbocycles. The van der Waals surface area contributed by atoms with E-state index in [-0.39, 0.29) is 17.7 Å². The van der Waals surface area contributed by atoms with Crippen LogP contribution in [0.1, 0.15) is 40.5 Å². The molecule has 1 rings (SSSR count). The Morgan fingerprint density at radius 3 is 2.67 bits per heavy atom. The summed E-state index contributed by atoms with van der Waals surface area (Å²) in [7, 11) is 0. The third-order valence-corrected chi connectivity index (χ3v) is 3.65. The molecule has 2 atom stereocenters. The average molecular weight is 250 g/mol. The van der Waals surface area contributed by atoms with Gasteiger partial charge in [0.2, 0.25) is 11.8 Å². The predicted octanol–water partition coefficient (Wildman–Crippen LogP) is 1.16. The highest BCUT2D eigenvalue weighted by Crippen LogP contribution is 2.21. The molecule has 0 saturated carbocycles. The fourth-order valence-electron chi connectivity index (χ4n) is 2.05. The summed E-state index contributed by atoms with van der Waals surface area (Å²) in [5.74, 6) is 2.58. The first-order valence-corrected chi connectivity index (χ1v) is 6.42. The Morgan fingerprint density at radius 1 is 1.56 bits per heavy atom. The van der Waals surface area contributed by atoms with Crippen LogP contribution in [0.3, 0.4) is 0 Å². The summed E-state index contributed by atoms with van der Waals surface area (Å²) in [5.41, 5.74) is -0.658. The van der Waals surface area contributed by atoms with E-state index in [0.29, 0.717) is 13.0 Å². The zero-order chi connectivity index (χ0) is 13.9. The number of nitrogens with one attached hydrogen (secondary N) is 1. The molecule has 0 aromatic rings. The highest BCUT2D eigenvalue weighted by Gasteiger charge is 2.38. The Kier molecular flexibility index (Phi) is 4.39. The lowest BCUT2D eigenvalue weighted by atomic mass is 9.95. The summed E-state index contributed by atoms with van der Waals surface area (Å²) >= 11 is 0. The number of terminal acetylenes is 1. The van der Waals surface area contributed by atoms with Crippen LogP contribution in [-0.4, -0.2) is 34.8 Å². The smallest absolute Gasteiger partial charge is 0.246 e. The second-order valence-corrected chi connectivity index (χ2v) is 5.37.